The minimum Gasteiger partial charge on any atom is -0.468 e. The Balaban J connectivity index is 1.90. The second-order valence-electron chi connectivity index (χ2n) is 5.88. The number of rotatable bonds is 6. The highest BCUT2D eigenvalue weighted by molar-refractivity contribution is 5.74. The molecule has 0 aliphatic carbocycles. The van der Waals surface area contributed by atoms with Crippen molar-refractivity contribution in [2.45, 2.75) is 25.9 Å². The highest BCUT2D eigenvalue weighted by Crippen LogP contribution is 2.18. The van der Waals surface area contributed by atoms with E-state index in [9.17, 15) is 4.79 Å². The lowest BCUT2D eigenvalue weighted by atomic mass is 10.1. The number of carbonyl (C=O) groups is 1. The molecule has 2 N–H and O–H groups in total. The molecule has 2 rings (SSSR count). The SMILES string of the molecule is Cc1c([C@H](C)NC(=O)NC[C@H](c2ccco2)N(C)C)cnn1C. The van der Waals surface area contributed by atoms with E-state index in [1.54, 1.807) is 17.1 Å². The van der Waals surface area contributed by atoms with Crippen LogP contribution in [0.15, 0.2) is 29.0 Å². The van der Waals surface area contributed by atoms with Crippen molar-refractivity contribution < 1.29 is 9.21 Å². The summed E-state index contributed by atoms with van der Waals surface area (Å²) in [6, 6.07) is 3.43. The van der Waals surface area contributed by atoms with Crippen LogP contribution in [0, 0.1) is 6.92 Å². The lowest BCUT2D eigenvalue weighted by Crippen LogP contribution is -2.41. The van der Waals surface area contributed by atoms with E-state index in [1.165, 1.54) is 0 Å². The Morgan fingerprint density at radius 2 is 2.22 bits per heavy atom. The van der Waals surface area contributed by atoms with Gasteiger partial charge < -0.3 is 15.1 Å². The van der Waals surface area contributed by atoms with Crippen LogP contribution < -0.4 is 10.6 Å². The van der Waals surface area contributed by atoms with Crippen LogP contribution in [0.3, 0.4) is 0 Å². The normalized spacial score (nSPS) is 13.8. The van der Waals surface area contributed by atoms with Crippen LogP contribution in [0.4, 0.5) is 4.79 Å². The number of urea groups is 1. The summed E-state index contributed by atoms with van der Waals surface area (Å²) in [6.07, 6.45) is 3.42. The van der Waals surface area contributed by atoms with Gasteiger partial charge in [0.1, 0.15) is 5.76 Å². The van der Waals surface area contributed by atoms with Gasteiger partial charge >= 0.3 is 6.03 Å². The van der Waals surface area contributed by atoms with Crippen LogP contribution in [0.5, 0.6) is 0 Å². The fourth-order valence-electron chi connectivity index (χ4n) is 2.47. The molecule has 2 aromatic heterocycles. The fourth-order valence-corrected chi connectivity index (χ4v) is 2.47. The van der Waals surface area contributed by atoms with Crippen LogP contribution in [-0.4, -0.2) is 41.4 Å². The standard InChI is InChI=1S/C16H25N5O2/c1-11(13-9-18-21(5)12(13)2)19-16(22)17-10-14(20(3)4)15-7-6-8-23-15/h6-9,11,14H,10H2,1-5H3,(H2,17,19,22)/t11-,14+/m0/s1. The third kappa shape index (κ3) is 4.13. The van der Waals surface area contributed by atoms with Gasteiger partial charge in [-0.15, -0.1) is 0 Å². The largest absolute Gasteiger partial charge is 0.468 e. The van der Waals surface area contributed by atoms with Crippen LogP contribution in [-0.2, 0) is 7.05 Å². The maximum Gasteiger partial charge on any atom is 0.315 e. The summed E-state index contributed by atoms with van der Waals surface area (Å²) in [7, 11) is 5.79. The highest BCUT2D eigenvalue weighted by atomic mass is 16.3. The second-order valence-corrected chi connectivity index (χ2v) is 5.88. The predicted octanol–water partition coefficient (Wildman–Crippen LogP) is 1.98. The first-order valence-corrected chi connectivity index (χ1v) is 7.62. The van der Waals surface area contributed by atoms with Crippen molar-refractivity contribution in [1.29, 1.82) is 0 Å². The van der Waals surface area contributed by atoms with E-state index in [0.29, 0.717) is 6.54 Å². The van der Waals surface area contributed by atoms with Gasteiger partial charge in [0.15, 0.2) is 0 Å². The molecule has 0 bridgehead atoms. The third-order valence-corrected chi connectivity index (χ3v) is 4.04. The first kappa shape index (κ1) is 17.1. The summed E-state index contributed by atoms with van der Waals surface area (Å²) < 4.78 is 7.23. The monoisotopic (exact) mass is 319 g/mol. The van der Waals surface area contributed by atoms with Crippen molar-refractivity contribution in [3.8, 4) is 0 Å². The molecule has 7 nitrogen and oxygen atoms in total. The first-order chi connectivity index (χ1) is 10.9. The molecule has 0 aliphatic rings. The Morgan fingerprint density at radius 3 is 2.74 bits per heavy atom. The van der Waals surface area contributed by atoms with Gasteiger partial charge in [0.05, 0.1) is 24.5 Å². The van der Waals surface area contributed by atoms with Crippen molar-refractivity contribution in [2.75, 3.05) is 20.6 Å². The van der Waals surface area contributed by atoms with Gasteiger partial charge in [0, 0.05) is 24.8 Å². The fraction of sp³-hybridized carbons (Fsp3) is 0.500. The average Bonchev–Trinajstić information content (AvgIpc) is 3.10. The molecule has 0 saturated heterocycles. The van der Waals surface area contributed by atoms with Gasteiger partial charge in [-0.25, -0.2) is 4.79 Å². The van der Waals surface area contributed by atoms with Crippen LogP contribution in [0.25, 0.3) is 0 Å². The van der Waals surface area contributed by atoms with Gasteiger partial charge in [-0.05, 0) is 40.1 Å². The summed E-state index contributed by atoms with van der Waals surface area (Å²) in [4.78, 5) is 14.2. The van der Waals surface area contributed by atoms with Gasteiger partial charge in [-0.2, -0.15) is 5.10 Å². The molecule has 0 spiro atoms. The second kappa shape index (κ2) is 7.32. The number of nitrogens with one attached hydrogen (secondary N) is 2. The van der Waals surface area contributed by atoms with E-state index < -0.39 is 0 Å². The van der Waals surface area contributed by atoms with E-state index in [-0.39, 0.29) is 18.1 Å². The van der Waals surface area contributed by atoms with E-state index in [2.05, 4.69) is 15.7 Å². The van der Waals surface area contributed by atoms with Crippen molar-refractivity contribution in [3.63, 3.8) is 0 Å². The number of aryl methyl sites for hydroxylation is 1. The van der Waals surface area contributed by atoms with Crippen molar-refractivity contribution >= 4 is 6.03 Å². The van der Waals surface area contributed by atoms with E-state index >= 15 is 0 Å². The summed E-state index contributed by atoms with van der Waals surface area (Å²) in [5.74, 6) is 0.825. The van der Waals surface area contributed by atoms with Gasteiger partial charge in [-0.1, -0.05) is 0 Å². The molecule has 0 saturated carbocycles. The molecule has 2 heterocycles. The molecular formula is C16H25N5O2. The maximum absolute atomic E-state index is 12.1. The molecule has 0 aliphatic heterocycles. The smallest absolute Gasteiger partial charge is 0.315 e. The zero-order valence-corrected chi connectivity index (χ0v) is 14.3. The quantitative estimate of drug-likeness (QED) is 0.854. The molecule has 126 valence electrons. The molecule has 0 radical (unpaired) electrons. The topological polar surface area (TPSA) is 75.3 Å². The molecule has 0 fully saturated rings. The molecule has 2 amide bonds. The number of carbonyl (C=O) groups excluding carboxylic acids is 1. The Kier molecular flexibility index (Phi) is 5.44. The van der Waals surface area contributed by atoms with Crippen LogP contribution in [0.2, 0.25) is 0 Å². The number of amides is 2. The lowest BCUT2D eigenvalue weighted by Gasteiger charge is -2.23. The number of hydrogen-bond acceptors (Lipinski definition) is 4. The highest BCUT2D eigenvalue weighted by Gasteiger charge is 2.19. The average molecular weight is 319 g/mol. The summed E-state index contributed by atoms with van der Waals surface area (Å²) in [5.41, 5.74) is 2.05. The molecular weight excluding hydrogens is 294 g/mol. The van der Waals surface area contributed by atoms with Crippen LogP contribution >= 0.6 is 0 Å². The molecule has 0 aromatic carbocycles. The number of hydrogen-bond donors (Lipinski definition) is 2. The summed E-state index contributed by atoms with van der Waals surface area (Å²) >= 11 is 0. The number of likely N-dealkylation sites (N-methyl/N-ethyl adjacent to an activating group) is 1. The maximum atomic E-state index is 12.1. The van der Waals surface area contributed by atoms with E-state index in [4.69, 9.17) is 4.42 Å². The van der Waals surface area contributed by atoms with Crippen molar-refractivity contribution in [1.82, 2.24) is 25.3 Å². The van der Waals surface area contributed by atoms with Crippen molar-refractivity contribution in [3.05, 3.63) is 41.6 Å². The molecule has 7 heteroatoms. The van der Waals surface area contributed by atoms with E-state index in [0.717, 1.165) is 17.0 Å². The first-order valence-electron chi connectivity index (χ1n) is 7.62. The lowest BCUT2D eigenvalue weighted by molar-refractivity contribution is 0.223. The Bertz CT molecular complexity index is 633. The minimum atomic E-state index is -0.209. The number of furan rings is 1. The Hall–Kier alpha value is -2.28. The Labute approximate surface area is 136 Å². The molecule has 23 heavy (non-hydrogen) atoms. The predicted molar refractivity (Wildman–Crippen MR) is 88.0 cm³/mol. The van der Waals surface area contributed by atoms with E-state index in [1.807, 2.05) is 52.0 Å². The summed E-state index contributed by atoms with van der Waals surface area (Å²) in [6.45, 7) is 4.39. The molecule has 2 aromatic rings. The third-order valence-electron chi connectivity index (χ3n) is 4.04. The van der Waals surface area contributed by atoms with Gasteiger partial charge in [0.25, 0.3) is 0 Å². The Morgan fingerprint density at radius 1 is 1.48 bits per heavy atom. The number of aromatic nitrogens is 2. The zero-order chi connectivity index (χ0) is 17.0. The summed E-state index contributed by atoms with van der Waals surface area (Å²) in [5, 5.41) is 10.0. The number of nitrogens with zero attached hydrogens (tertiary/aromatic N) is 3. The van der Waals surface area contributed by atoms with Crippen molar-refractivity contribution in [2.24, 2.45) is 7.05 Å². The van der Waals surface area contributed by atoms with Gasteiger partial charge in [-0.3, -0.25) is 9.58 Å². The van der Waals surface area contributed by atoms with Gasteiger partial charge in [0.2, 0.25) is 0 Å². The zero-order valence-electron chi connectivity index (χ0n) is 14.3. The molecule has 2 atom stereocenters. The minimum absolute atomic E-state index is 0.00816. The molecule has 0 unspecified atom stereocenters. The van der Waals surface area contributed by atoms with Crippen LogP contribution in [0.1, 0.15) is 36.0 Å².